The Morgan fingerprint density at radius 3 is 2.43 bits per heavy atom. The van der Waals surface area contributed by atoms with E-state index in [0.717, 1.165) is 6.54 Å². The first-order valence-electron chi connectivity index (χ1n) is 4.68. The molecule has 1 aliphatic rings. The summed E-state index contributed by atoms with van der Waals surface area (Å²) in [5.74, 6) is 0. The molecule has 3 nitrogen and oxygen atoms in total. The van der Waals surface area contributed by atoms with Gasteiger partial charge in [0.2, 0.25) is 0 Å². The predicted molar refractivity (Wildman–Crippen MR) is 55.6 cm³/mol. The normalized spacial score (nSPS) is 15.6. The lowest BCUT2D eigenvalue weighted by Gasteiger charge is -1.99. The van der Waals surface area contributed by atoms with Crippen LogP contribution in [0.2, 0.25) is 0 Å². The van der Waals surface area contributed by atoms with Gasteiger partial charge in [-0.1, -0.05) is 24.3 Å². The van der Waals surface area contributed by atoms with Crippen LogP contribution in [0.15, 0.2) is 41.7 Å². The van der Waals surface area contributed by atoms with Gasteiger partial charge >= 0.3 is 0 Å². The van der Waals surface area contributed by atoms with E-state index in [1.807, 2.05) is 29.1 Å². The third-order valence-corrected chi connectivity index (χ3v) is 2.34. The number of benzene rings is 1. The van der Waals surface area contributed by atoms with Gasteiger partial charge in [0.05, 0.1) is 6.54 Å². The smallest absolute Gasteiger partial charge is 0.295 e. The van der Waals surface area contributed by atoms with E-state index >= 15 is 0 Å². The van der Waals surface area contributed by atoms with Crippen molar-refractivity contribution < 1.29 is 4.74 Å². The van der Waals surface area contributed by atoms with Crippen molar-refractivity contribution in [1.29, 1.82) is 0 Å². The van der Waals surface area contributed by atoms with E-state index in [1.54, 1.807) is 0 Å². The molecule has 0 radical (unpaired) electrons. The number of aromatic nitrogens is 1. The molecule has 0 saturated carbocycles. The number of hydrogen-bond acceptors (Lipinski definition) is 2. The van der Waals surface area contributed by atoms with Crippen LogP contribution < -0.4 is 0 Å². The van der Waals surface area contributed by atoms with Crippen molar-refractivity contribution in [3.8, 4) is 0 Å². The van der Waals surface area contributed by atoms with Crippen molar-refractivity contribution >= 4 is 16.8 Å². The van der Waals surface area contributed by atoms with E-state index in [4.69, 9.17) is 4.74 Å². The van der Waals surface area contributed by atoms with Gasteiger partial charge in [-0.15, -0.1) is 0 Å². The zero-order valence-electron chi connectivity index (χ0n) is 7.68. The molecule has 14 heavy (non-hydrogen) atoms. The highest BCUT2D eigenvalue weighted by Crippen LogP contribution is 2.15. The Morgan fingerprint density at radius 1 is 1.14 bits per heavy atom. The summed E-state index contributed by atoms with van der Waals surface area (Å²) in [7, 11) is 0. The molecule has 0 saturated heterocycles. The largest absolute Gasteiger partial charge is 0.463 e. The van der Waals surface area contributed by atoms with Crippen LogP contribution >= 0.6 is 0 Å². The number of ether oxygens (including phenoxy) is 1. The van der Waals surface area contributed by atoms with Crippen molar-refractivity contribution in [1.82, 2.24) is 4.57 Å². The van der Waals surface area contributed by atoms with Gasteiger partial charge in [0.15, 0.2) is 0 Å². The van der Waals surface area contributed by atoms with Gasteiger partial charge in [0, 0.05) is 12.4 Å². The molecular formula is C11H10N2O. The minimum atomic E-state index is 0.698. The van der Waals surface area contributed by atoms with Crippen LogP contribution in [0.1, 0.15) is 0 Å². The first-order valence-corrected chi connectivity index (χ1v) is 4.68. The zero-order valence-corrected chi connectivity index (χ0v) is 7.68. The standard InChI is InChI=1S/C11H10N2O/c1-2-4-10-8-13(7-9(10)3-1)11-12-5-6-14-11/h1-4,7-8H,5-6H2. The van der Waals surface area contributed by atoms with Gasteiger partial charge in [-0.25, -0.2) is 4.99 Å². The number of rotatable bonds is 0. The summed E-state index contributed by atoms with van der Waals surface area (Å²) in [5.41, 5.74) is 0. The molecular weight excluding hydrogens is 176 g/mol. The maximum atomic E-state index is 5.38. The lowest BCUT2D eigenvalue weighted by molar-refractivity contribution is 0.334. The highest BCUT2D eigenvalue weighted by atomic mass is 16.5. The Hall–Kier alpha value is -1.77. The average Bonchev–Trinajstić information content (AvgIpc) is 2.86. The monoisotopic (exact) mass is 186 g/mol. The summed E-state index contributed by atoms with van der Waals surface area (Å²) in [4.78, 5) is 4.26. The van der Waals surface area contributed by atoms with Crippen molar-refractivity contribution in [2.24, 2.45) is 4.99 Å². The second-order valence-corrected chi connectivity index (χ2v) is 3.31. The van der Waals surface area contributed by atoms with Crippen LogP contribution in [-0.4, -0.2) is 23.7 Å². The van der Waals surface area contributed by atoms with E-state index in [-0.39, 0.29) is 0 Å². The topological polar surface area (TPSA) is 26.5 Å². The highest BCUT2D eigenvalue weighted by Gasteiger charge is 2.09. The molecule has 0 spiro atoms. The molecule has 0 bridgehead atoms. The zero-order chi connectivity index (χ0) is 9.38. The molecule has 0 amide bonds. The highest BCUT2D eigenvalue weighted by molar-refractivity contribution is 5.88. The summed E-state index contributed by atoms with van der Waals surface area (Å²) in [6.07, 6.45) is 4.08. The molecule has 1 aliphatic heterocycles. The third-order valence-electron chi connectivity index (χ3n) is 2.34. The second kappa shape index (κ2) is 2.87. The Bertz CT molecular complexity index is 466. The van der Waals surface area contributed by atoms with E-state index in [2.05, 4.69) is 17.1 Å². The van der Waals surface area contributed by atoms with Gasteiger partial charge < -0.3 is 4.74 Å². The molecule has 1 aromatic heterocycles. The molecule has 2 heterocycles. The molecule has 3 rings (SSSR count). The summed E-state index contributed by atoms with van der Waals surface area (Å²) < 4.78 is 7.32. The van der Waals surface area contributed by atoms with Crippen molar-refractivity contribution in [2.75, 3.05) is 13.2 Å². The van der Waals surface area contributed by atoms with Gasteiger partial charge in [0.1, 0.15) is 6.61 Å². The average molecular weight is 186 g/mol. The number of nitrogens with zero attached hydrogens (tertiary/aromatic N) is 2. The van der Waals surface area contributed by atoms with Crippen LogP contribution in [0.5, 0.6) is 0 Å². The van der Waals surface area contributed by atoms with Crippen molar-refractivity contribution in [3.05, 3.63) is 36.7 Å². The molecule has 0 aliphatic carbocycles. The van der Waals surface area contributed by atoms with Crippen LogP contribution in [0.4, 0.5) is 0 Å². The quantitative estimate of drug-likeness (QED) is 0.617. The maximum Gasteiger partial charge on any atom is 0.295 e. The van der Waals surface area contributed by atoms with Gasteiger partial charge in [0.25, 0.3) is 6.02 Å². The fourth-order valence-electron chi connectivity index (χ4n) is 1.67. The molecule has 1 aromatic carbocycles. The Morgan fingerprint density at radius 2 is 1.86 bits per heavy atom. The molecule has 0 atom stereocenters. The summed E-state index contributed by atoms with van der Waals surface area (Å²) in [5, 5.41) is 2.43. The van der Waals surface area contributed by atoms with Gasteiger partial charge in [-0.2, -0.15) is 0 Å². The van der Waals surface area contributed by atoms with Crippen LogP contribution in [0.25, 0.3) is 10.8 Å². The third kappa shape index (κ3) is 1.09. The molecule has 3 heteroatoms. The number of fused-ring (bicyclic) bond motifs is 1. The van der Waals surface area contributed by atoms with E-state index in [1.165, 1.54) is 10.8 Å². The fourth-order valence-corrected chi connectivity index (χ4v) is 1.67. The SMILES string of the molecule is c1ccc2cn(C3=NCCO3)cc2c1. The summed E-state index contributed by atoms with van der Waals surface area (Å²) in [6, 6.07) is 8.94. The molecule has 0 fully saturated rings. The molecule has 0 N–H and O–H groups in total. The van der Waals surface area contributed by atoms with Gasteiger partial charge in [-0.3, -0.25) is 4.57 Å². The number of aliphatic imine (C=N–C) groups is 1. The van der Waals surface area contributed by atoms with Crippen LogP contribution in [0, 0.1) is 0 Å². The number of hydrogen-bond donors (Lipinski definition) is 0. The summed E-state index contributed by atoms with van der Waals surface area (Å²) >= 11 is 0. The molecule has 2 aromatic rings. The van der Waals surface area contributed by atoms with E-state index in [0.29, 0.717) is 12.6 Å². The van der Waals surface area contributed by atoms with Crippen molar-refractivity contribution in [2.45, 2.75) is 0 Å². The lowest BCUT2D eigenvalue weighted by Crippen LogP contribution is -2.08. The Labute approximate surface area is 81.6 Å². The van der Waals surface area contributed by atoms with Crippen LogP contribution in [-0.2, 0) is 4.74 Å². The minimum absolute atomic E-state index is 0.698. The first-order chi connectivity index (χ1) is 6.93. The van der Waals surface area contributed by atoms with Gasteiger partial charge in [-0.05, 0) is 10.8 Å². The second-order valence-electron chi connectivity index (χ2n) is 3.31. The predicted octanol–water partition coefficient (Wildman–Crippen LogP) is 1.88. The van der Waals surface area contributed by atoms with E-state index in [9.17, 15) is 0 Å². The Kier molecular flexibility index (Phi) is 1.56. The van der Waals surface area contributed by atoms with Crippen LogP contribution in [0.3, 0.4) is 0 Å². The minimum Gasteiger partial charge on any atom is -0.463 e. The fraction of sp³-hybridized carbons (Fsp3) is 0.182. The first kappa shape index (κ1) is 7.62. The summed E-state index contributed by atoms with van der Waals surface area (Å²) in [6.45, 7) is 1.47. The Balaban J connectivity index is 2.14. The van der Waals surface area contributed by atoms with E-state index < -0.39 is 0 Å². The van der Waals surface area contributed by atoms with Crippen molar-refractivity contribution in [3.63, 3.8) is 0 Å². The molecule has 0 unspecified atom stereocenters. The maximum absolute atomic E-state index is 5.38. The molecule has 70 valence electrons. The lowest BCUT2D eigenvalue weighted by atomic mass is 10.2.